The summed E-state index contributed by atoms with van der Waals surface area (Å²) < 4.78 is 35.9. The summed E-state index contributed by atoms with van der Waals surface area (Å²) in [6, 6.07) is 20.9. The number of nitrogens with one attached hydrogen (secondary N) is 2. The molecule has 0 atom stereocenters. The topological polar surface area (TPSA) is 89.4 Å². The van der Waals surface area contributed by atoms with E-state index >= 15 is 0 Å². The lowest BCUT2D eigenvalue weighted by Gasteiger charge is -2.15. The molecule has 3 aromatic carbocycles. The number of para-hydroxylation sites is 2. The van der Waals surface area contributed by atoms with Crippen LogP contribution in [0, 0.1) is 0 Å². The summed E-state index contributed by atoms with van der Waals surface area (Å²) in [5, 5.41) is 4.11. The van der Waals surface area contributed by atoms with E-state index in [0.717, 1.165) is 10.9 Å². The van der Waals surface area contributed by atoms with Crippen molar-refractivity contribution in [2.45, 2.75) is 11.8 Å². The molecule has 7 nitrogen and oxygen atoms in total. The molecule has 0 spiro atoms. The van der Waals surface area contributed by atoms with E-state index in [9.17, 15) is 13.2 Å². The van der Waals surface area contributed by atoms with E-state index in [1.807, 2.05) is 30.3 Å². The third-order valence-electron chi connectivity index (χ3n) is 5.27. The Bertz CT molecular complexity index is 1410. The standard InChI is InChI=1S/C24H23N3O4S/c1-16(28)19-8-4-6-10-21(19)25-23-20-9-5-7-11-22(20)27(2)24(23)26-32(29,30)18-14-12-17(31-3)13-15-18/h4-15,25-26H,1-3H3. The smallest absolute Gasteiger partial charge is 0.263 e. The molecule has 0 aliphatic heterocycles. The number of ketones is 1. The van der Waals surface area contributed by atoms with Crippen LogP contribution in [0.5, 0.6) is 5.75 Å². The van der Waals surface area contributed by atoms with Crippen molar-refractivity contribution in [3.63, 3.8) is 0 Å². The molecule has 0 saturated heterocycles. The lowest BCUT2D eigenvalue weighted by Crippen LogP contribution is -2.16. The molecule has 0 saturated carbocycles. The first kappa shape index (κ1) is 21.5. The van der Waals surface area contributed by atoms with Crippen LogP contribution in [0.1, 0.15) is 17.3 Å². The molecular weight excluding hydrogens is 426 g/mol. The maximum Gasteiger partial charge on any atom is 0.263 e. The van der Waals surface area contributed by atoms with Crippen molar-refractivity contribution in [2.24, 2.45) is 7.05 Å². The predicted molar refractivity (Wildman–Crippen MR) is 126 cm³/mol. The Hall–Kier alpha value is -3.78. The van der Waals surface area contributed by atoms with Gasteiger partial charge in [0.15, 0.2) is 5.78 Å². The molecule has 4 aromatic rings. The number of aromatic nitrogens is 1. The van der Waals surface area contributed by atoms with Crippen LogP contribution >= 0.6 is 0 Å². The monoisotopic (exact) mass is 449 g/mol. The molecule has 8 heteroatoms. The van der Waals surface area contributed by atoms with Crippen LogP contribution < -0.4 is 14.8 Å². The van der Waals surface area contributed by atoms with Crippen LogP contribution in [-0.4, -0.2) is 25.9 Å². The van der Waals surface area contributed by atoms with Crippen molar-refractivity contribution in [1.82, 2.24) is 4.57 Å². The molecule has 2 N–H and O–H groups in total. The molecule has 4 rings (SSSR count). The van der Waals surface area contributed by atoms with E-state index in [-0.39, 0.29) is 10.7 Å². The van der Waals surface area contributed by atoms with Gasteiger partial charge >= 0.3 is 0 Å². The van der Waals surface area contributed by atoms with Gasteiger partial charge in [0.05, 0.1) is 23.2 Å². The van der Waals surface area contributed by atoms with E-state index in [4.69, 9.17) is 4.74 Å². The zero-order valence-corrected chi connectivity index (χ0v) is 18.7. The second-order valence-corrected chi connectivity index (χ2v) is 8.99. The third kappa shape index (κ3) is 3.92. The molecule has 164 valence electrons. The van der Waals surface area contributed by atoms with E-state index in [1.54, 1.807) is 41.9 Å². The first-order valence-corrected chi connectivity index (χ1v) is 11.4. The Labute approximate surface area is 186 Å². The number of fused-ring (bicyclic) bond motifs is 1. The van der Waals surface area contributed by atoms with Crippen LogP contribution in [-0.2, 0) is 17.1 Å². The third-order valence-corrected chi connectivity index (χ3v) is 6.63. The van der Waals surface area contributed by atoms with E-state index in [0.29, 0.717) is 28.5 Å². The van der Waals surface area contributed by atoms with Gasteiger partial charge in [-0.25, -0.2) is 8.42 Å². The molecule has 0 unspecified atom stereocenters. The Kier molecular flexibility index (Phi) is 5.63. The number of ether oxygens (including phenoxy) is 1. The quantitative estimate of drug-likeness (QED) is 0.390. The summed E-state index contributed by atoms with van der Waals surface area (Å²) in [4.78, 5) is 12.2. The van der Waals surface area contributed by atoms with Crippen molar-refractivity contribution in [3.8, 4) is 5.75 Å². The Morgan fingerprint density at radius 2 is 1.59 bits per heavy atom. The van der Waals surface area contributed by atoms with Crippen LogP contribution in [0.25, 0.3) is 10.9 Å². The van der Waals surface area contributed by atoms with Gasteiger partial charge in [0.2, 0.25) is 0 Å². The second kappa shape index (κ2) is 8.39. The molecular formula is C24H23N3O4S. The maximum absolute atomic E-state index is 13.2. The van der Waals surface area contributed by atoms with Gasteiger partial charge in [-0.3, -0.25) is 9.52 Å². The van der Waals surface area contributed by atoms with E-state index in [1.165, 1.54) is 26.2 Å². The number of methoxy groups -OCH3 is 1. The number of Topliss-reactive ketones (excluding diaryl/α,β-unsaturated/α-hetero) is 1. The molecule has 1 heterocycles. The summed E-state index contributed by atoms with van der Waals surface area (Å²) in [6.07, 6.45) is 0. The highest BCUT2D eigenvalue weighted by Crippen LogP contribution is 2.38. The summed E-state index contributed by atoms with van der Waals surface area (Å²) >= 11 is 0. The molecule has 0 amide bonds. The highest BCUT2D eigenvalue weighted by Gasteiger charge is 2.22. The highest BCUT2D eigenvalue weighted by atomic mass is 32.2. The van der Waals surface area contributed by atoms with Crippen molar-refractivity contribution < 1.29 is 17.9 Å². The second-order valence-electron chi connectivity index (χ2n) is 7.31. The number of carbonyl (C=O) groups is 1. The minimum atomic E-state index is -3.88. The molecule has 0 aliphatic rings. The van der Waals surface area contributed by atoms with E-state index < -0.39 is 10.0 Å². The summed E-state index contributed by atoms with van der Waals surface area (Å²) in [5.74, 6) is 0.839. The predicted octanol–water partition coefficient (Wildman–Crippen LogP) is 4.93. The first-order chi connectivity index (χ1) is 15.3. The Balaban J connectivity index is 1.83. The number of hydrogen-bond donors (Lipinski definition) is 2. The Morgan fingerprint density at radius 1 is 0.938 bits per heavy atom. The number of hydrogen-bond acceptors (Lipinski definition) is 5. The number of carbonyl (C=O) groups excluding carboxylic acids is 1. The number of aryl methyl sites for hydroxylation is 1. The fourth-order valence-electron chi connectivity index (χ4n) is 3.61. The van der Waals surface area contributed by atoms with Crippen LogP contribution in [0.3, 0.4) is 0 Å². The fourth-order valence-corrected chi connectivity index (χ4v) is 4.72. The number of sulfonamides is 1. The van der Waals surface area contributed by atoms with Gasteiger partial charge in [-0.15, -0.1) is 0 Å². The first-order valence-electron chi connectivity index (χ1n) is 9.93. The van der Waals surface area contributed by atoms with Gasteiger partial charge in [-0.05, 0) is 49.4 Å². The van der Waals surface area contributed by atoms with E-state index in [2.05, 4.69) is 10.0 Å². The molecule has 32 heavy (non-hydrogen) atoms. The molecule has 0 fully saturated rings. The minimum absolute atomic E-state index is 0.0892. The van der Waals surface area contributed by atoms with Crippen LogP contribution in [0.15, 0.2) is 77.7 Å². The van der Waals surface area contributed by atoms with Gasteiger partial charge in [-0.1, -0.05) is 30.3 Å². The Morgan fingerprint density at radius 3 is 2.28 bits per heavy atom. The van der Waals surface area contributed by atoms with Crippen molar-refractivity contribution >= 4 is 43.9 Å². The zero-order valence-electron chi connectivity index (χ0n) is 17.9. The summed E-state index contributed by atoms with van der Waals surface area (Å²) in [7, 11) is -0.573. The summed E-state index contributed by atoms with van der Waals surface area (Å²) in [5.41, 5.74) is 2.52. The zero-order chi connectivity index (χ0) is 22.9. The van der Waals surface area contributed by atoms with Crippen molar-refractivity contribution in [2.75, 3.05) is 17.1 Å². The van der Waals surface area contributed by atoms with Gasteiger partial charge in [-0.2, -0.15) is 0 Å². The number of anilines is 3. The van der Waals surface area contributed by atoms with Gasteiger partial charge in [0, 0.05) is 23.7 Å². The van der Waals surface area contributed by atoms with Gasteiger partial charge in [0.25, 0.3) is 10.0 Å². The van der Waals surface area contributed by atoms with Gasteiger partial charge in [0.1, 0.15) is 11.6 Å². The summed E-state index contributed by atoms with van der Waals surface area (Å²) in [6.45, 7) is 1.50. The number of nitrogens with zero attached hydrogens (tertiary/aromatic N) is 1. The minimum Gasteiger partial charge on any atom is -0.497 e. The highest BCUT2D eigenvalue weighted by molar-refractivity contribution is 7.92. The normalized spacial score (nSPS) is 11.3. The number of benzene rings is 3. The lowest BCUT2D eigenvalue weighted by atomic mass is 10.1. The lowest BCUT2D eigenvalue weighted by molar-refractivity contribution is 0.101. The molecule has 1 aromatic heterocycles. The van der Waals surface area contributed by atoms with Crippen molar-refractivity contribution in [1.29, 1.82) is 0 Å². The molecule has 0 bridgehead atoms. The maximum atomic E-state index is 13.2. The van der Waals surface area contributed by atoms with Gasteiger partial charge < -0.3 is 14.6 Å². The average Bonchev–Trinajstić information content (AvgIpc) is 3.05. The molecule has 0 aliphatic carbocycles. The van der Waals surface area contributed by atoms with Crippen LogP contribution in [0.4, 0.5) is 17.2 Å². The SMILES string of the molecule is COc1ccc(S(=O)(=O)Nc2c(Nc3ccccc3C(C)=O)c3ccccc3n2C)cc1. The fraction of sp³-hybridized carbons (Fsp3) is 0.125. The number of rotatable bonds is 7. The largest absolute Gasteiger partial charge is 0.497 e. The van der Waals surface area contributed by atoms with Crippen molar-refractivity contribution in [3.05, 3.63) is 78.4 Å². The average molecular weight is 450 g/mol. The van der Waals surface area contributed by atoms with Crippen LogP contribution in [0.2, 0.25) is 0 Å². The molecule has 0 radical (unpaired) electrons.